The molecule has 1 aliphatic carbocycles. The molecule has 1 rings (SSSR count). The molecule has 1 heteroatoms. The lowest BCUT2D eigenvalue weighted by molar-refractivity contribution is 0.352. The second-order valence-corrected chi connectivity index (χ2v) is 3.92. The number of hydrogen-bond acceptors (Lipinski definition) is 1. The van der Waals surface area contributed by atoms with Crippen LogP contribution in [0.5, 0.6) is 0 Å². The molecule has 1 atom stereocenters. The average Bonchev–Trinajstić information content (AvgIpc) is 2.02. The van der Waals surface area contributed by atoms with Crippen molar-refractivity contribution in [2.45, 2.75) is 51.0 Å². The van der Waals surface area contributed by atoms with Crippen molar-refractivity contribution in [1.82, 2.24) is 0 Å². The van der Waals surface area contributed by atoms with Crippen molar-refractivity contribution >= 4 is 0 Å². The van der Waals surface area contributed by atoms with Crippen LogP contribution in [0.1, 0.15) is 44.9 Å². The summed E-state index contributed by atoms with van der Waals surface area (Å²) in [5.74, 6) is 0.711. The Labute approximate surface area is 76.0 Å². The highest BCUT2D eigenvalue weighted by Gasteiger charge is 2.15. The molecule has 1 aliphatic rings. The maximum absolute atomic E-state index is 5.95. The molecule has 12 heavy (non-hydrogen) atoms. The topological polar surface area (TPSA) is 26.0 Å². The summed E-state index contributed by atoms with van der Waals surface area (Å²) >= 11 is 0. The lowest BCUT2D eigenvalue weighted by atomic mass is 9.86. The van der Waals surface area contributed by atoms with E-state index < -0.39 is 0 Å². The van der Waals surface area contributed by atoms with E-state index in [2.05, 4.69) is 6.58 Å². The Balaban J connectivity index is 2.33. The van der Waals surface area contributed by atoms with Gasteiger partial charge in [-0.25, -0.2) is 0 Å². The van der Waals surface area contributed by atoms with Gasteiger partial charge in [-0.15, -0.1) is 6.58 Å². The molecule has 0 radical (unpaired) electrons. The standard InChI is InChI=1S/C11H21N/c1-2-11(12)10-8-6-4-3-5-7-9-10/h2,10-11H,1,3-9,12H2. The van der Waals surface area contributed by atoms with Gasteiger partial charge in [0.05, 0.1) is 0 Å². The third-order valence-corrected chi connectivity index (χ3v) is 2.97. The zero-order valence-corrected chi connectivity index (χ0v) is 7.97. The van der Waals surface area contributed by atoms with Gasteiger partial charge in [-0.05, 0) is 18.8 Å². The first-order valence-electron chi connectivity index (χ1n) is 5.22. The molecule has 0 aromatic carbocycles. The van der Waals surface area contributed by atoms with Gasteiger partial charge in [0.15, 0.2) is 0 Å². The highest BCUT2D eigenvalue weighted by molar-refractivity contribution is 4.88. The molecule has 0 saturated heterocycles. The summed E-state index contributed by atoms with van der Waals surface area (Å²) in [6, 6.07) is 0.239. The predicted molar refractivity (Wildman–Crippen MR) is 54.0 cm³/mol. The summed E-state index contributed by atoms with van der Waals surface area (Å²) in [5, 5.41) is 0. The quantitative estimate of drug-likeness (QED) is 0.629. The lowest BCUT2D eigenvalue weighted by Gasteiger charge is -2.23. The molecule has 1 fully saturated rings. The predicted octanol–water partition coefficient (Wildman–Crippen LogP) is 2.86. The smallest absolute Gasteiger partial charge is 0.0249 e. The molecule has 1 nitrogen and oxygen atoms in total. The minimum Gasteiger partial charge on any atom is -0.324 e. The molecule has 1 saturated carbocycles. The lowest BCUT2D eigenvalue weighted by Crippen LogP contribution is -2.28. The minimum atomic E-state index is 0.239. The first-order chi connectivity index (χ1) is 5.84. The first-order valence-corrected chi connectivity index (χ1v) is 5.22. The Bertz CT molecular complexity index is 123. The zero-order valence-electron chi connectivity index (χ0n) is 7.97. The summed E-state index contributed by atoms with van der Waals surface area (Å²) in [7, 11) is 0. The fraction of sp³-hybridized carbons (Fsp3) is 0.818. The van der Waals surface area contributed by atoms with Gasteiger partial charge in [0.1, 0.15) is 0 Å². The van der Waals surface area contributed by atoms with Crippen molar-refractivity contribution in [2.75, 3.05) is 0 Å². The number of nitrogens with two attached hydrogens (primary N) is 1. The van der Waals surface area contributed by atoms with E-state index >= 15 is 0 Å². The van der Waals surface area contributed by atoms with E-state index in [-0.39, 0.29) is 6.04 Å². The summed E-state index contributed by atoms with van der Waals surface area (Å²) in [6.07, 6.45) is 11.5. The Morgan fingerprint density at radius 2 is 1.58 bits per heavy atom. The van der Waals surface area contributed by atoms with Crippen LogP contribution < -0.4 is 5.73 Å². The zero-order chi connectivity index (χ0) is 8.81. The third-order valence-electron chi connectivity index (χ3n) is 2.97. The van der Waals surface area contributed by atoms with Crippen LogP contribution in [0.15, 0.2) is 12.7 Å². The van der Waals surface area contributed by atoms with Gasteiger partial charge in [0.25, 0.3) is 0 Å². The minimum absolute atomic E-state index is 0.239. The highest BCUT2D eigenvalue weighted by Crippen LogP contribution is 2.24. The monoisotopic (exact) mass is 167 g/mol. The van der Waals surface area contributed by atoms with Gasteiger partial charge in [0, 0.05) is 6.04 Å². The molecule has 0 heterocycles. The van der Waals surface area contributed by atoms with Crippen molar-refractivity contribution in [1.29, 1.82) is 0 Å². The summed E-state index contributed by atoms with van der Waals surface area (Å²) < 4.78 is 0. The molecule has 70 valence electrons. The first kappa shape index (κ1) is 9.79. The molecular weight excluding hydrogens is 146 g/mol. The van der Waals surface area contributed by atoms with Crippen molar-refractivity contribution in [3.63, 3.8) is 0 Å². The van der Waals surface area contributed by atoms with Crippen LogP contribution in [0.25, 0.3) is 0 Å². The summed E-state index contributed by atoms with van der Waals surface area (Å²) in [6.45, 7) is 3.76. The van der Waals surface area contributed by atoms with E-state index in [1.807, 2.05) is 6.08 Å². The van der Waals surface area contributed by atoms with Gasteiger partial charge in [0.2, 0.25) is 0 Å². The fourth-order valence-corrected chi connectivity index (χ4v) is 2.07. The van der Waals surface area contributed by atoms with Crippen LogP contribution in [-0.4, -0.2) is 6.04 Å². The van der Waals surface area contributed by atoms with Crippen LogP contribution in [0.3, 0.4) is 0 Å². The molecule has 0 aromatic heterocycles. The van der Waals surface area contributed by atoms with Gasteiger partial charge < -0.3 is 5.73 Å². The van der Waals surface area contributed by atoms with E-state index in [9.17, 15) is 0 Å². The van der Waals surface area contributed by atoms with E-state index in [4.69, 9.17) is 5.73 Å². The molecule has 0 aromatic rings. The number of hydrogen-bond donors (Lipinski definition) is 1. The second kappa shape index (κ2) is 5.36. The van der Waals surface area contributed by atoms with E-state index in [0.29, 0.717) is 5.92 Å². The normalized spacial score (nSPS) is 24.1. The molecule has 0 bridgehead atoms. The van der Waals surface area contributed by atoms with Crippen molar-refractivity contribution in [3.8, 4) is 0 Å². The van der Waals surface area contributed by atoms with Crippen LogP contribution in [0.4, 0.5) is 0 Å². The maximum atomic E-state index is 5.95. The SMILES string of the molecule is C=CC(N)C1CCCCCCC1. The van der Waals surface area contributed by atoms with Crippen LogP contribution in [0, 0.1) is 5.92 Å². The second-order valence-electron chi connectivity index (χ2n) is 3.92. The van der Waals surface area contributed by atoms with Gasteiger partial charge in [-0.3, -0.25) is 0 Å². The molecule has 1 unspecified atom stereocenters. The summed E-state index contributed by atoms with van der Waals surface area (Å²) in [4.78, 5) is 0. The molecule has 0 amide bonds. The largest absolute Gasteiger partial charge is 0.324 e. The fourth-order valence-electron chi connectivity index (χ4n) is 2.07. The van der Waals surface area contributed by atoms with Crippen LogP contribution in [0.2, 0.25) is 0 Å². The van der Waals surface area contributed by atoms with Crippen molar-refractivity contribution in [3.05, 3.63) is 12.7 Å². The van der Waals surface area contributed by atoms with E-state index in [1.165, 1.54) is 44.9 Å². The molecular formula is C11H21N. The van der Waals surface area contributed by atoms with E-state index in [0.717, 1.165) is 0 Å². The van der Waals surface area contributed by atoms with E-state index in [1.54, 1.807) is 0 Å². The molecule has 2 N–H and O–H groups in total. The molecule has 0 aliphatic heterocycles. The van der Waals surface area contributed by atoms with Crippen LogP contribution >= 0.6 is 0 Å². The molecule has 0 spiro atoms. The Kier molecular flexibility index (Phi) is 4.37. The Morgan fingerprint density at radius 3 is 2.08 bits per heavy atom. The summed E-state index contributed by atoms with van der Waals surface area (Å²) in [5.41, 5.74) is 5.95. The Morgan fingerprint density at radius 1 is 1.08 bits per heavy atom. The van der Waals surface area contributed by atoms with Crippen LogP contribution in [-0.2, 0) is 0 Å². The van der Waals surface area contributed by atoms with Gasteiger partial charge >= 0.3 is 0 Å². The van der Waals surface area contributed by atoms with Crippen molar-refractivity contribution in [2.24, 2.45) is 11.7 Å². The highest BCUT2D eigenvalue weighted by atomic mass is 14.6. The Hall–Kier alpha value is -0.300. The van der Waals surface area contributed by atoms with Gasteiger partial charge in [-0.1, -0.05) is 38.2 Å². The van der Waals surface area contributed by atoms with Gasteiger partial charge in [-0.2, -0.15) is 0 Å². The van der Waals surface area contributed by atoms with Crippen molar-refractivity contribution < 1.29 is 0 Å². The maximum Gasteiger partial charge on any atom is 0.0249 e. The number of rotatable bonds is 2. The third kappa shape index (κ3) is 2.98. The average molecular weight is 167 g/mol.